The molecule has 0 radical (unpaired) electrons. The van der Waals surface area contributed by atoms with Crippen molar-refractivity contribution in [3.63, 3.8) is 0 Å². The second-order valence-corrected chi connectivity index (χ2v) is 9.32. The number of ether oxygens (including phenoxy) is 2. The van der Waals surface area contributed by atoms with Gasteiger partial charge in [0.25, 0.3) is 0 Å². The first-order valence-corrected chi connectivity index (χ1v) is 12.1. The van der Waals surface area contributed by atoms with E-state index in [1.807, 2.05) is 0 Å². The third kappa shape index (κ3) is 8.21. The first-order chi connectivity index (χ1) is 16.7. The van der Waals surface area contributed by atoms with Gasteiger partial charge in [0.2, 0.25) is 15.9 Å². The van der Waals surface area contributed by atoms with Gasteiger partial charge < -0.3 is 14.8 Å². The van der Waals surface area contributed by atoms with Crippen molar-refractivity contribution in [2.24, 2.45) is 0 Å². The average molecular weight is 517 g/mol. The zero-order chi connectivity index (χ0) is 25.3. The fraction of sp³-hybridized carbons (Fsp3) is 0.125. The number of halogens is 1. The van der Waals surface area contributed by atoms with E-state index in [1.165, 1.54) is 24.3 Å². The Morgan fingerprint density at radius 1 is 0.829 bits per heavy atom. The number of hydrogen-bond acceptors (Lipinski definition) is 7. The molecule has 11 heteroatoms. The quantitative estimate of drug-likeness (QED) is 0.313. The van der Waals surface area contributed by atoms with Gasteiger partial charge in [-0.15, -0.1) is 0 Å². The minimum absolute atomic E-state index is 0.0245. The summed E-state index contributed by atoms with van der Waals surface area (Å²) in [5.74, 6) is -1.60. The highest BCUT2D eigenvalue weighted by atomic mass is 35.5. The highest BCUT2D eigenvalue weighted by molar-refractivity contribution is 7.89. The third-order valence-electron chi connectivity index (χ3n) is 4.52. The van der Waals surface area contributed by atoms with Gasteiger partial charge in [-0.3, -0.25) is 9.59 Å². The minimum atomic E-state index is -3.83. The van der Waals surface area contributed by atoms with Crippen molar-refractivity contribution in [1.82, 2.24) is 10.0 Å². The molecule has 35 heavy (non-hydrogen) atoms. The predicted molar refractivity (Wildman–Crippen MR) is 127 cm³/mol. The molecular formula is C24H21ClN2O7S. The van der Waals surface area contributed by atoms with Crippen LogP contribution in [0.25, 0.3) is 0 Å². The predicted octanol–water partition coefficient (Wildman–Crippen LogP) is 2.70. The van der Waals surface area contributed by atoms with E-state index in [0.717, 1.165) is 0 Å². The number of carbonyl (C=O) groups excluding carboxylic acids is 3. The molecule has 0 aliphatic heterocycles. The van der Waals surface area contributed by atoms with Crippen LogP contribution in [0.5, 0.6) is 5.75 Å². The second-order valence-electron chi connectivity index (χ2n) is 7.12. The molecule has 182 valence electrons. The number of esters is 2. The molecule has 0 aliphatic carbocycles. The minimum Gasteiger partial charge on any atom is -0.460 e. The summed E-state index contributed by atoms with van der Waals surface area (Å²) < 4.78 is 36.7. The lowest BCUT2D eigenvalue weighted by molar-refractivity contribution is -0.145. The van der Waals surface area contributed by atoms with E-state index in [1.54, 1.807) is 54.6 Å². The van der Waals surface area contributed by atoms with Crippen LogP contribution in [0.1, 0.15) is 15.9 Å². The fourth-order valence-corrected chi connectivity index (χ4v) is 3.83. The number of benzene rings is 3. The van der Waals surface area contributed by atoms with Gasteiger partial charge in [-0.05, 0) is 54.1 Å². The summed E-state index contributed by atoms with van der Waals surface area (Å²) in [4.78, 5) is 36.0. The largest absolute Gasteiger partial charge is 0.460 e. The van der Waals surface area contributed by atoms with Crippen LogP contribution in [0.2, 0.25) is 5.02 Å². The van der Waals surface area contributed by atoms with Crippen molar-refractivity contribution < 1.29 is 32.3 Å². The highest BCUT2D eigenvalue weighted by Gasteiger charge is 2.15. The van der Waals surface area contributed by atoms with Crippen LogP contribution >= 0.6 is 11.6 Å². The Bertz CT molecular complexity index is 1280. The van der Waals surface area contributed by atoms with Crippen molar-refractivity contribution in [3.05, 3.63) is 95.0 Å². The van der Waals surface area contributed by atoms with Gasteiger partial charge in [-0.1, -0.05) is 41.9 Å². The van der Waals surface area contributed by atoms with E-state index in [2.05, 4.69) is 10.0 Å². The third-order valence-corrected chi connectivity index (χ3v) is 6.19. The van der Waals surface area contributed by atoms with Crippen molar-refractivity contribution in [3.8, 4) is 5.75 Å². The standard InChI is InChI=1S/C24H21ClN2O7S/c25-19-10-12-20(13-11-19)34-24(30)18-8-6-17(7-9-18)16-33-23(29)15-26-22(28)14-27-35(31,32)21-4-2-1-3-5-21/h1-13,27H,14-16H2,(H,26,28). The molecule has 0 saturated heterocycles. The van der Waals surface area contributed by atoms with Crippen molar-refractivity contribution in [2.75, 3.05) is 13.1 Å². The summed E-state index contributed by atoms with van der Waals surface area (Å²) in [5.41, 5.74) is 0.920. The van der Waals surface area contributed by atoms with Gasteiger partial charge in [0.05, 0.1) is 17.0 Å². The molecule has 2 N–H and O–H groups in total. The Kier molecular flexibility index (Phi) is 8.96. The molecule has 3 rings (SSSR count). The summed E-state index contributed by atoms with van der Waals surface area (Å²) in [7, 11) is -3.83. The van der Waals surface area contributed by atoms with E-state index in [9.17, 15) is 22.8 Å². The number of sulfonamides is 1. The maximum atomic E-state index is 12.2. The summed E-state index contributed by atoms with van der Waals surface area (Å²) in [6.07, 6.45) is 0. The highest BCUT2D eigenvalue weighted by Crippen LogP contribution is 2.17. The van der Waals surface area contributed by atoms with Crippen LogP contribution < -0.4 is 14.8 Å². The molecule has 0 saturated carbocycles. The van der Waals surface area contributed by atoms with Crippen LogP contribution in [0, 0.1) is 0 Å². The Labute approximate surface area is 207 Å². The van der Waals surface area contributed by atoms with Crippen LogP contribution in [0.4, 0.5) is 0 Å². The Morgan fingerprint density at radius 2 is 1.49 bits per heavy atom. The summed E-state index contributed by atoms with van der Waals surface area (Å²) >= 11 is 5.80. The number of nitrogens with one attached hydrogen (secondary N) is 2. The summed E-state index contributed by atoms with van der Waals surface area (Å²) in [5, 5.41) is 2.81. The molecule has 0 heterocycles. The van der Waals surface area contributed by atoms with E-state index < -0.39 is 41.0 Å². The van der Waals surface area contributed by atoms with Crippen molar-refractivity contribution in [2.45, 2.75) is 11.5 Å². The van der Waals surface area contributed by atoms with Gasteiger partial charge in [-0.25, -0.2) is 17.9 Å². The normalized spacial score (nSPS) is 10.9. The first-order valence-electron chi connectivity index (χ1n) is 10.3. The fourth-order valence-electron chi connectivity index (χ4n) is 2.70. The molecule has 3 aromatic carbocycles. The Balaban J connectivity index is 1.38. The summed E-state index contributed by atoms with van der Waals surface area (Å²) in [6.45, 7) is -1.04. The van der Waals surface area contributed by atoms with Gasteiger partial charge >= 0.3 is 11.9 Å². The molecule has 0 unspecified atom stereocenters. The molecule has 1 amide bonds. The zero-order valence-corrected chi connectivity index (χ0v) is 19.8. The van der Waals surface area contributed by atoms with Gasteiger partial charge in [0.15, 0.2) is 0 Å². The molecular weight excluding hydrogens is 496 g/mol. The molecule has 9 nitrogen and oxygen atoms in total. The average Bonchev–Trinajstić information content (AvgIpc) is 2.87. The maximum absolute atomic E-state index is 12.2. The van der Waals surface area contributed by atoms with E-state index in [-0.39, 0.29) is 11.5 Å². The molecule has 0 fully saturated rings. The molecule has 0 spiro atoms. The van der Waals surface area contributed by atoms with Gasteiger partial charge in [0, 0.05) is 5.02 Å². The maximum Gasteiger partial charge on any atom is 0.343 e. The van der Waals surface area contributed by atoms with E-state index in [4.69, 9.17) is 21.1 Å². The topological polar surface area (TPSA) is 128 Å². The first kappa shape index (κ1) is 25.9. The number of hydrogen-bond donors (Lipinski definition) is 2. The van der Waals surface area contributed by atoms with Crippen LogP contribution in [-0.4, -0.2) is 39.4 Å². The lowest BCUT2D eigenvalue weighted by atomic mass is 10.1. The number of carbonyl (C=O) groups is 3. The van der Waals surface area contributed by atoms with E-state index in [0.29, 0.717) is 21.9 Å². The smallest absolute Gasteiger partial charge is 0.343 e. The molecule has 0 bridgehead atoms. The Hall–Kier alpha value is -3.73. The molecule has 0 aliphatic rings. The van der Waals surface area contributed by atoms with E-state index >= 15 is 0 Å². The molecule has 3 aromatic rings. The zero-order valence-electron chi connectivity index (χ0n) is 18.3. The lowest BCUT2D eigenvalue weighted by Gasteiger charge is -2.09. The van der Waals surface area contributed by atoms with Gasteiger partial charge in [0.1, 0.15) is 18.9 Å². The number of rotatable bonds is 10. The lowest BCUT2D eigenvalue weighted by Crippen LogP contribution is -2.39. The Morgan fingerprint density at radius 3 is 2.14 bits per heavy atom. The number of amides is 1. The van der Waals surface area contributed by atoms with Crippen molar-refractivity contribution in [1.29, 1.82) is 0 Å². The van der Waals surface area contributed by atoms with Crippen molar-refractivity contribution >= 4 is 39.5 Å². The molecule has 0 atom stereocenters. The molecule has 0 aromatic heterocycles. The second kappa shape index (κ2) is 12.1. The summed E-state index contributed by atoms with van der Waals surface area (Å²) in [6, 6.07) is 20.2. The van der Waals surface area contributed by atoms with Crippen LogP contribution in [0.3, 0.4) is 0 Å². The van der Waals surface area contributed by atoms with Crippen LogP contribution in [0.15, 0.2) is 83.8 Å². The van der Waals surface area contributed by atoms with Crippen LogP contribution in [-0.2, 0) is 31.0 Å². The van der Waals surface area contributed by atoms with Gasteiger partial charge in [-0.2, -0.15) is 0 Å². The SMILES string of the molecule is O=C(CNS(=O)(=O)c1ccccc1)NCC(=O)OCc1ccc(C(=O)Oc2ccc(Cl)cc2)cc1. The monoisotopic (exact) mass is 516 g/mol.